The summed E-state index contributed by atoms with van der Waals surface area (Å²) < 4.78 is 8.29. The molecule has 1 aromatic heterocycles. The maximum atomic E-state index is 6.15. The number of imidazole rings is 1. The molecule has 4 heteroatoms. The zero-order valence-corrected chi connectivity index (χ0v) is 12.1. The summed E-state index contributed by atoms with van der Waals surface area (Å²) in [4.78, 5) is 4.27. The lowest BCUT2D eigenvalue weighted by atomic mass is 9.80. The molecule has 2 heterocycles. The Kier molecular flexibility index (Phi) is 3.63. The van der Waals surface area contributed by atoms with Crippen LogP contribution in [0.4, 0.5) is 0 Å². The second kappa shape index (κ2) is 5.25. The molecule has 1 spiro atoms. The van der Waals surface area contributed by atoms with E-state index in [9.17, 15) is 0 Å². The normalized spacial score (nSPS) is 27.8. The van der Waals surface area contributed by atoms with Crippen molar-refractivity contribution in [1.82, 2.24) is 14.9 Å². The van der Waals surface area contributed by atoms with Gasteiger partial charge in [0.1, 0.15) is 0 Å². The van der Waals surface area contributed by atoms with E-state index in [1.54, 1.807) is 0 Å². The van der Waals surface area contributed by atoms with E-state index in [4.69, 9.17) is 4.74 Å². The molecule has 2 fully saturated rings. The van der Waals surface area contributed by atoms with Gasteiger partial charge in [0, 0.05) is 19.9 Å². The molecule has 106 valence electrons. The first-order valence-corrected chi connectivity index (χ1v) is 7.51. The van der Waals surface area contributed by atoms with Crippen molar-refractivity contribution in [2.75, 3.05) is 13.7 Å². The highest BCUT2D eigenvalue weighted by Crippen LogP contribution is 2.45. The molecule has 2 aliphatic rings. The van der Waals surface area contributed by atoms with Crippen molar-refractivity contribution in [2.24, 2.45) is 13.0 Å². The predicted octanol–water partition coefficient (Wildman–Crippen LogP) is 2.42. The summed E-state index contributed by atoms with van der Waals surface area (Å²) in [6, 6.07) is 0.397. The van der Waals surface area contributed by atoms with Crippen molar-refractivity contribution >= 4 is 0 Å². The molecule has 1 saturated carbocycles. The van der Waals surface area contributed by atoms with Crippen molar-refractivity contribution in [3.8, 4) is 0 Å². The van der Waals surface area contributed by atoms with Crippen LogP contribution < -0.4 is 5.32 Å². The molecular weight excluding hydrogens is 238 g/mol. The number of hydrogen-bond donors (Lipinski definition) is 1. The van der Waals surface area contributed by atoms with Crippen LogP contribution in [0.5, 0.6) is 0 Å². The second-order valence-electron chi connectivity index (χ2n) is 6.19. The minimum atomic E-state index is 0.191. The lowest BCUT2D eigenvalue weighted by Gasteiger charge is -2.41. The first-order chi connectivity index (χ1) is 9.24. The Bertz CT molecular complexity index is 423. The van der Waals surface area contributed by atoms with E-state index in [0.29, 0.717) is 12.0 Å². The van der Waals surface area contributed by atoms with Crippen LogP contribution in [0.2, 0.25) is 0 Å². The maximum Gasteiger partial charge on any atom is 0.0946 e. The molecule has 1 aliphatic heterocycles. The van der Waals surface area contributed by atoms with Gasteiger partial charge < -0.3 is 14.6 Å². The standard InChI is InChI=1S/C15H25N3O/c1-16-14(13-10-17-11-18(13)2)12-5-8-19-15(9-12)6-3-4-7-15/h10-12,14,16H,3-9H2,1-2H3. The van der Waals surface area contributed by atoms with Crippen LogP contribution in [0.1, 0.15) is 50.3 Å². The fourth-order valence-electron chi connectivity index (χ4n) is 4.01. The molecule has 0 aromatic carbocycles. The smallest absolute Gasteiger partial charge is 0.0946 e. The van der Waals surface area contributed by atoms with Crippen LogP contribution in [-0.2, 0) is 11.8 Å². The van der Waals surface area contributed by atoms with Gasteiger partial charge in [-0.25, -0.2) is 4.98 Å². The third kappa shape index (κ3) is 2.43. The number of aryl methyl sites for hydroxylation is 1. The number of ether oxygens (including phenoxy) is 1. The molecule has 0 bridgehead atoms. The quantitative estimate of drug-likeness (QED) is 0.910. The number of nitrogens with one attached hydrogen (secondary N) is 1. The zero-order chi connectivity index (χ0) is 13.3. The van der Waals surface area contributed by atoms with Gasteiger partial charge in [0.05, 0.1) is 23.7 Å². The lowest BCUT2D eigenvalue weighted by molar-refractivity contribution is -0.0982. The highest BCUT2D eigenvalue weighted by atomic mass is 16.5. The van der Waals surface area contributed by atoms with Crippen molar-refractivity contribution in [1.29, 1.82) is 0 Å². The molecule has 19 heavy (non-hydrogen) atoms. The Balaban J connectivity index is 1.78. The predicted molar refractivity (Wildman–Crippen MR) is 74.9 cm³/mol. The van der Waals surface area contributed by atoms with Gasteiger partial charge in [-0.15, -0.1) is 0 Å². The summed E-state index contributed by atoms with van der Waals surface area (Å²) in [6.07, 6.45) is 11.4. The summed E-state index contributed by atoms with van der Waals surface area (Å²) in [5.74, 6) is 0.659. The topological polar surface area (TPSA) is 39.1 Å². The Morgan fingerprint density at radius 1 is 1.47 bits per heavy atom. The van der Waals surface area contributed by atoms with E-state index in [1.165, 1.54) is 37.8 Å². The third-order valence-electron chi connectivity index (χ3n) is 5.00. The minimum absolute atomic E-state index is 0.191. The summed E-state index contributed by atoms with van der Waals surface area (Å²) in [5.41, 5.74) is 1.49. The van der Waals surface area contributed by atoms with Crippen molar-refractivity contribution < 1.29 is 4.74 Å². The van der Waals surface area contributed by atoms with Gasteiger partial charge in [-0.05, 0) is 38.6 Å². The first-order valence-electron chi connectivity index (χ1n) is 7.51. The fraction of sp³-hybridized carbons (Fsp3) is 0.800. The van der Waals surface area contributed by atoms with Gasteiger partial charge in [-0.3, -0.25) is 0 Å². The van der Waals surface area contributed by atoms with Crippen LogP contribution in [0.3, 0.4) is 0 Å². The molecular formula is C15H25N3O. The summed E-state index contributed by atoms with van der Waals surface area (Å²) >= 11 is 0. The van der Waals surface area contributed by atoms with Gasteiger partial charge >= 0.3 is 0 Å². The summed E-state index contributed by atoms with van der Waals surface area (Å²) in [5, 5.41) is 3.50. The fourth-order valence-corrected chi connectivity index (χ4v) is 4.01. The van der Waals surface area contributed by atoms with E-state index in [2.05, 4.69) is 29.0 Å². The maximum absolute atomic E-state index is 6.15. The molecule has 1 saturated heterocycles. The van der Waals surface area contributed by atoms with Gasteiger partial charge in [0.2, 0.25) is 0 Å². The second-order valence-corrected chi connectivity index (χ2v) is 6.19. The van der Waals surface area contributed by atoms with Gasteiger partial charge in [0.25, 0.3) is 0 Å². The molecule has 1 N–H and O–H groups in total. The summed E-state index contributed by atoms with van der Waals surface area (Å²) in [7, 11) is 4.14. The molecule has 1 aromatic rings. The van der Waals surface area contributed by atoms with Gasteiger partial charge in [-0.2, -0.15) is 0 Å². The molecule has 3 rings (SSSR count). The largest absolute Gasteiger partial charge is 0.375 e. The van der Waals surface area contributed by atoms with Gasteiger partial charge in [-0.1, -0.05) is 12.8 Å². The van der Waals surface area contributed by atoms with E-state index < -0.39 is 0 Å². The lowest BCUT2D eigenvalue weighted by Crippen LogP contribution is -2.41. The molecule has 0 amide bonds. The highest BCUT2D eigenvalue weighted by molar-refractivity contribution is 5.08. The number of nitrogens with zero attached hydrogens (tertiary/aromatic N) is 2. The van der Waals surface area contributed by atoms with Crippen LogP contribution in [0.15, 0.2) is 12.5 Å². The van der Waals surface area contributed by atoms with Crippen LogP contribution in [0, 0.1) is 5.92 Å². The van der Waals surface area contributed by atoms with Crippen molar-refractivity contribution in [2.45, 2.75) is 50.2 Å². The van der Waals surface area contributed by atoms with Crippen LogP contribution in [-0.4, -0.2) is 28.8 Å². The van der Waals surface area contributed by atoms with Crippen molar-refractivity contribution in [3.05, 3.63) is 18.2 Å². The SMILES string of the molecule is CNC(c1cncn1C)C1CCOC2(CCCC2)C1. The van der Waals surface area contributed by atoms with E-state index in [0.717, 1.165) is 13.0 Å². The molecule has 4 nitrogen and oxygen atoms in total. The number of rotatable bonds is 3. The number of aromatic nitrogens is 2. The molecule has 0 radical (unpaired) electrons. The van der Waals surface area contributed by atoms with E-state index in [1.807, 2.05) is 12.5 Å². The Morgan fingerprint density at radius 2 is 2.26 bits per heavy atom. The van der Waals surface area contributed by atoms with Crippen LogP contribution in [0.25, 0.3) is 0 Å². The Hall–Kier alpha value is -0.870. The summed E-state index contributed by atoms with van der Waals surface area (Å²) in [6.45, 7) is 0.917. The Labute approximate surface area is 115 Å². The molecule has 2 atom stereocenters. The van der Waals surface area contributed by atoms with E-state index in [-0.39, 0.29) is 5.60 Å². The highest BCUT2D eigenvalue weighted by Gasteiger charge is 2.42. The zero-order valence-electron chi connectivity index (χ0n) is 12.1. The monoisotopic (exact) mass is 263 g/mol. The molecule has 1 aliphatic carbocycles. The Morgan fingerprint density at radius 3 is 2.89 bits per heavy atom. The van der Waals surface area contributed by atoms with Gasteiger partial charge in [0.15, 0.2) is 0 Å². The first kappa shape index (κ1) is 13.1. The van der Waals surface area contributed by atoms with E-state index >= 15 is 0 Å². The van der Waals surface area contributed by atoms with Crippen LogP contribution >= 0.6 is 0 Å². The molecule has 2 unspecified atom stereocenters. The van der Waals surface area contributed by atoms with Crippen molar-refractivity contribution in [3.63, 3.8) is 0 Å². The third-order valence-corrected chi connectivity index (χ3v) is 5.00. The average molecular weight is 263 g/mol. The average Bonchev–Trinajstić information content (AvgIpc) is 3.02. The number of hydrogen-bond acceptors (Lipinski definition) is 3. The minimum Gasteiger partial charge on any atom is -0.375 e.